The Labute approximate surface area is 279 Å². The Morgan fingerprint density at radius 1 is 1.06 bits per heavy atom. The third-order valence-corrected chi connectivity index (χ3v) is 8.55. The summed E-state index contributed by atoms with van der Waals surface area (Å²) in [6.45, 7) is 9.28. The second-order valence-corrected chi connectivity index (χ2v) is 12.1. The highest BCUT2D eigenvalue weighted by Gasteiger charge is 2.45. The standard InChI is InChI=1S/C24H21F3N6O8S.C6H15N/c25-24(26,27)12-7-5-11(6-8-12)14-9-15-18(21(28)29-14)30-32-33(15)23-20(36)19(35)17(41-23)10-40-42(38,39)31-22(37)13-3-1-2-4-16(13)34;1-4-7(5-2)6-3/h1-9,17,19-20,23,34-36H,10H2,(H2,28,29)(H,31,37);4-6H2,1-3H3/t17-,19-,20-,23-;/m1./s1. The van der Waals surface area contributed by atoms with Gasteiger partial charge in [-0.05, 0) is 50.0 Å². The Morgan fingerprint density at radius 3 is 2.27 bits per heavy atom. The summed E-state index contributed by atoms with van der Waals surface area (Å²) < 4.78 is 76.5. The molecule has 19 heteroatoms. The van der Waals surface area contributed by atoms with Crippen LogP contribution in [0.3, 0.4) is 0 Å². The van der Waals surface area contributed by atoms with E-state index in [1.54, 1.807) is 4.72 Å². The molecule has 5 rings (SSSR count). The van der Waals surface area contributed by atoms with E-state index in [-0.39, 0.29) is 33.7 Å². The highest BCUT2D eigenvalue weighted by molar-refractivity contribution is 7.85. The van der Waals surface area contributed by atoms with Crippen LogP contribution in [0.25, 0.3) is 22.3 Å². The summed E-state index contributed by atoms with van der Waals surface area (Å²) in [6.07, 6.45) is -10.8. The molecule has 6 N–H and O–H groups in total. The van der Waals surface area contributed by atoms with E-state index in [0.717, 1.165) is 16.8 Å². The van der Waals surface area contributed by atoms with Crippen LogP contribution >= 0.6 is 0 Å². The summed E-state index contributed by atoms with van der Waals surface area (Å²) in [5.41, 5.74) is 5.41. The number of hydrogen-bond acceptors (Lipinski definition) is 13. The zero-order chi connectivity index (χ0) is 36.1. The molecule has 4 aromatic rings. The molecule has 0 radical (unpaired) electrons. The van der Waals surface area contributed by atoms with Gasteiger partial charge < -0.3 is 30.7 Å². The Balaban J connectivity index is 0.000000698. The number of nitrogens with zero attached hydrogens (tertiary/aromatic N) is 5. The molecule has 1 aliphatic heterocycles. The Bertz CT molecular complexity index is 1850. The van der Waals surface area contributed by atoms with E-state index in [1.165, 1.54) is 62.1 Å². The molecule has 0 spiro atoms. The number of rotatable bonds is 10. The van der Waals surface area contributed by atoms with Gasteiger partial charge >= 0.3 is 16.5 Å². The van der Waals surface area contributed by atoms with Crippen molar-refractivity contribution in [2.45, 2.75) is 51.5 Å². The molecule has 49 heavy (non-hydrogen) atoms. The predicted molar refractivity (Wildman–Crippen MR) is 170 cm³/mol. The molecule has 1 saturated heterocycles. The van der Waals surface area contributed by atoms with Crippen molar-refractivity contribution in [2.75, 3.05) is 32.0 Å². The molecule has 0 unspecified atom stereocenters. The molecule has 266 valence electrons. The van der Waals surface area contributed by atoms with Crippen molar-refractivity contribution in [3.8, 4) is 17.0 Å². The van der Waals surface area contributed by atoms with E-state index in [1.807, 2.05) is 0 Å². The van der Waals surface area contributed by atoms with Crippen molar-refractivity contribution in [1.29, 1.82) is 0 Å². The molecule has 0 saturated carbocycles. The molecular weight excluding hydrogens is 675 g/mol. The minimum Gasteiger partial charge on any atom is -0.507 e. The number of benzene rings is 2. The summed E-state index contributed by atoms with van der Waals surface area (Å²) in [7, 11) is -4.75. The van der Waals surface area contributed by atoms with Gasteiger partial charge in [0.1, 0.15) is 24.1 Å². The summed E-state index contributed by atoms with van der Waals surface area (Å²) in [6, 6.07) is 10.7. The Kier molecular flexibility index (Phi) is 11.8. The molecule has 15 nitrogen and oxygen atoms in total. The van der Waals surface area contributed by atoms with E-state index in [0.29, 0.717) is 0 Å². The first-order valence-electron chi connectivity index (χ1n) is 15.0. The van der Waals surface area contributed by atoms with Crippen LogP contribution in [0.5, 0.6) is 5.75 Å². The molecule has 0 aliphatic carbocycles. The van der Waals surface area contributed by atoms with E-state index >= 15 is 0 Å². The second kappa shape index (κ2) is 15.4. The number of ether oxygens (including phenoxy) is 1. The lowest BCUT2D eigenvalue weighted by Gasteiger charge is -2.16. The fourth-order valence-corrected chi connectivity index (χ4v) is 5.60. The van der Waals surface area contributed by atoms with Gasteiger partial charge in [0.15, 0.2) is 17.6 Å². The van der Waals surface area contributed by atoms with Crippen molar-refractivity contribution >= 4 is 33.1 Å². The number of phenols is 1. The molecule has 1 aliphatic rings. The van der Waals surface area contributed by atoms with Gasteiger partial charge in [-0.2, -0.15) is 21.6 Å². The van der Waals surface area contributed by atoms with Crippen LogP contribution in [0.1, 0.15) is 42.9 Å². The first-order valence-corrected chi connectivity index (χ1v) is 16.4. The van der Waals surface area contributed by atoms with Gasteiger partial charge in [-0.1, -0.05) is 50.3 Å². The van der Waals surface area contributed by atoms with Crippen LogP contribution in [-0.4, -0.2) is 99.1 Å². The number of carbonyl (C=O) groups is 1. The van der Waals surface area contributed by atoms with Crippen LogP contribution in [0.15, 0.2) is 54.6 Å². The quantitative estimate of drug-likeness (QED) is 0.160. The fraction of sp³-hybridized carbons (Fsp3) is 0.400. The van der Waals surface area contributed by atoms with Crippen LogP contribution in [0.4, 0.5) is 19.0 Å². The summed E-state index contributed by atoms with van der Waals surface area (Å²) in [5, 5.41) is 38.7. The Hall–Kier alpha value is -4.40. The zero-order valence-corrected chi connectivity index (χ0v) is 27.4. The van der Waals surface area contributed by atoms with E-state index in [4.69, 9.17) is 14.7 Å². The van der Waals surface area contributed by atoms with E-state index < -0.39 is 64.8 Å². The normalized spacial score (nSPS) is 19.5. The number of nitrogens with one attached hydrogen (secondary N) is 1. The number of nitrogens with two attached hydrogens (primary N) is 1. The number of aliphatic hydroxyl groups is 2. The number of fused-ring (bicyclic) bond motifs is 1. The van der Waals surface area contributed by atoms with Crippen LogP contribution in [-0.2, 0) is 25.4 Å². The number of pyridine rings is 1. The molecule has 4 atom stereocenters. The van der Waals surface area contributed by atoms with Crippen molar-refractivity contribution in [1.82, 2.24) is 29.6 Å². The van der Waals surface area contributed by atoms with Gasteiger partial charge in [-0.3, -0.25) is 8.98 Å². The lowest BCUT2D eigenvalue weighted by molar-refractivity contribution is -0.137. The average molecular weight is 712 g/mol. The van der Waals surface area contributed by atoms with Crippen molar-refractivity contribution in [3.05, 3.63) is 65.7 Å². The average Bonchev–Trinajstić information content (AvgIpc) is 3.61. The van der Waals surface area contributed by atoms with Gasteiger partial charge in [0.2, 0.25) is 0 Å². The van der Waals surface area contributed by atoms with E-state index in [2.05, 4.69) is 41.0 Å². The number of anilines is 1. The maximum Gasteiger partial charge on any atom is 0.416 e. The number of halogens is 3. The molecule has 1 amide bonds. The predicted octanol–water partition coefficient (Wildman–Crippen LogP) is 2.46. The number of alkyl halides is 3. The highest BCUT2D eigenvalue weighted by Crippen LogP contribution is 2.35. The van der Waals surface area contributed by atoms with Gasteiger partial charge in [0.05, 0.1) is 28.9 Å². The number of carbonyl (C=O) groups excluding carboxylic acids is 1. The number of amides is 1. The SMILES string of the molecule is CCN(CC)CC.Nc1nc(-c2ccc(C(F)(F)F)cc2)cc2c1nnn2[C@@H]1O[C@H](COS(=O)(=O)NC(=O)c2ccccc2O)[C@@H](O)[C@H]1O. The van der Waals surface area contributed by atoms with Crippen molar-refractivity contribution < 1.29 is 50.6 Å². The Morgan fingerprint density at radius 2 is 1.69 bits per heavy atom. The molecule has 1 fully saturated rings. The smallest absolute Gasteiger partial charge is 0.416 e. The summed E-state index contributed by atoms with van der Waals surface area (Å²) in [4.78, 5) is 18.7. The highest BCUT2D eigenvalue weighted by atomic mass is 32.2. The topological polar surface area (TPSA) is 215 Å². The minimum absolute atomic E-state index is 0.0603. The molecular formula is C30H36F3N7O8S. The molecule has 0 bridgehead atoms. The molecule has 3 heterocycles. The monoisotopic (exact) mass is 711 g/mol. The maximum atomic E-state index is 13.0. The van der Waals surface area contributed by atoms with Crippen LogP contribution < -0.4 is 10.5 Å². The third kappa shape index (κ3) is 8.80. The lowest BCUT2D eigenvalue weighted by atomic mass is 10.1. The van der Waals surface area contributed by atoms with Gasteiger partial charge in [0.25, 0.3) is 5.91 Å². The maximum absolute atomic E-state index is 13.0. The van der Waals surface area contributed by atoms with Crippen molar-refractivity contribution in [2.24, 2.45) is 0 Å². The van der Waals surface area contributed by atoms with Crippen LogP contribution in [0, 0.1) is 0 Å². The summed E-state index contributed by atoms with van der Waals surface area (Å²) in [5.74, 6) is -1.78. The van der Waals surface area contributed by atoms with Crippen molar-refractivity contribution in [3.63, 3.8) is 0 Å². The second-order valence-electron chi connectivity index (χ2n) is 10.7. The summed E-state index contributed by atoms with van der Waals surface area (Å²) >= 11 is 0. The lowest BCUT2D eigenvalue weighted by Crippen LogP contribution is -2.37. The molecule has 2 aromatic carbocycles. The van der Waals surface area contributed by atoms with Gasteiger partial charge in [-0.25, -0.2) is 14.4 Å². The van der Waals surface area contributed by atoms with E-state index in [9.17, 15) is 41.7 Å². The number of para-hydroxylation sites is 1. The largest absolute Gasteiger partial charge is 0.507 e. The fourth-order valence-electron chi connectivity index (χ4n) is 4.89. The number of nitrogen functional groups attached to an aromatic ring is 1. The number of hydrogen-bond donors (Lipinski definition) is 5. The number of aromatic hydroxyl groups is 1. The number of phenolic OH excluding ortho intramolecular Hbond substituents is 1. The molecule has 2 aromatic heterocycles. The van der Waals surface area contributed by atoms with Crippen LogP contribution in [0.2, 0.25) is 0 Å². The first-order chi connectivity index (χ1) is 23.1. The number of aliphatic hydroxyl groups excluding tert-OH is 2. The van der Waals surface area contributed by atoms with Gasteiger partial charge in [0, 0.05) is 5.56 Å². The zero-order valence-electron chi connectivity index (χ0n) is 26.6. The minimum atomic E-state index is -4.75. The number of aromatic nitrogens is 4. The third-order valence-electron chi connectivity index (χ3n) is 7.67. The first kappa shape index (κ1) is 37.4. The van der Waals surface area contributed by atoms with Gasteiger partial charge in [-0.15, -0.1) is 5.10 Å².